The highest BCUT2D eigenvalue weighted by molar-refractivity contribution is 5.23. The van der Waals surface area contributed by atoms with E-state index in [0.717, 1.165) is 6.54 Å². The van der Waals surface area contributed by atoms with Crippen molar-refractivity contribution in [2.45, 2.75) is 32.6 Å². The summed E-state index contributed by atoms with van der Waals surface area (Å²) in [5, 5.41) is 0. The molecule has 0 unspecified atom stereocenters. The van der Waals surface area contributed by atoms with Crippen LogP contribution in [0.5, 0.6) is 0 Å². The van der Waals surface area contributed by atoms with Crippen LogP contribution in [0.15, 0.2) is 30.3 Å². The van der Waals surface area contributed by atoms with Crippen LogP contribution in [0.3, 0.4) is 0 Å². The van der Waals surface area contributed by atoms with Gasteiger partial charge in [-0.2, -0.15) is 0 Å². The average Bonchev–Trinajstić information content (AvgIpc) is 2.27. The van der Waals surface area contributed by atoms with Crippen LogP contribution in [0.25, 0.3) is 0 Å². The van der Waals surface area contributed by atoms with Crippen molar-refractivity contribution < 1.29 is 0 Å². The molecule has 0 aromatic heterocycles. The van der Waals surface area contributed by atoms with Gasteiger partial charge in [-0.25, -0.2) is 0 Å². The van der Waals surface area contributed by atoms with Crippen LogP contribution in [-0.4, -0.2) is 25.0 Å². The molecule has 0 amide bonds. The van der Waals surface area contributed by atoms with Crippen LogP contribution in [0.1, 0.15) is 32.8 Å². The molecule has 0 aliphatic heterocycles. The third kappa shape index (κ3) is 3.67. The third-order valence-electron chi connectivity index (χ3n) is 3.21. The van der Waals surface area contributed by atoms with Gasteiger partial charge in [0, 0.05) is 0 Å². The van der Waals surface area contributed by atoms with Crippen molar-refractivity contribution in [2.75, 3.05) is 20.1 Å². The maximum atomic E-state index is 2.37. The molecule has 0 atom stereocenters. The Kier molecular flexibility index (Phi) is 4.34. The van der Waals surface area contributed by atoms with E-state index >= 15 is 0 Å². The predicted octanol–water partition coefficient (Wildman–Crippen LogP) is 3.31. The van der Waals surface area contributed by atoms with Crippen LogP contribution in [0.4, 0.5) is 0 Å². The first-order valence-electron chi connectivity index (χ1n) is 5.80. The molecule has 0 fully saturated rings. The molecule has 1 aromatic rings. The molecule has 0 bridgehead atoms. The topological polar surface area (TPSA) is 3.24 Å². The molecule has 0 heterocycles. The summed E-state index contributed by atoms with van der Waals surface area (Å²) in [6.45, 7) is 9.15. The van der Waals surface area contributed by atoms with E-state index in [-0.39, 0.29) is 5.41 Å². The van der Waals surface area contributed by atoms with Gasteiger partial charge in [0.1, 0.15) is 0 Å². The molecular formula is C14H23N. The number of hydrogen-bond donors (Lipinski definition) is 0. The predicted molar refractivity (Wildman–Crippen MR) is 67.3 cm³/mol. The lowest BCUT2D eigenvalue weighted by molar-refractivity contribution is 0.307. The second-order valence-corrected chi connectivity index (χ2v) is 4.90. The summed E-state index contributed by atoms with van der Waals surface area (Å²) in [6, 6.07) is 10.8. The summed E-state index contributed by atoms with van der Waals surface area (Å²) in [6.07, 6.45) is 1.21. The normalized spacial score (nSPS) is 12.1. The number of benzene rings is 1. The van der Waals surface area contributed by atoms with Gasteiger partial charge < -0.3 is 4.90 Å². The fourth-order valence-electron chi connectivity index (χ4n) is 1.66. The molecule has 15 heavy (non-hydrogen) atoms. The summed E-state index contributed by atoms with van der Waals surface area (Å²) in [4.78, 5) is 2.37. The molecule has 0 spiro atoms. The van der Waals surface area contributed by atoms with Crippen molar-refractivity contribution in [3.8, 4) is 0 Å². The van der Waals surface area contributed by atoms with Crippen molar-refractivity contribution in [3.05, 3.63) is 35.9 Å². The van der Waals surface area contributed by atoms with Crippen molar-refractivity contribution >= 4 is 0 Å². The lowest BCUT2D eigenvalue weighted by Crippen LogP contribution is -2.27. The Labute approximate surface area is 94.1 Å². The molecule has 1 heteroatoms. The van der Waals surface area contributed by atoms with Gasteiger partial charge in [0.2, 0.25) is 0 Å². The Balaban J connectivity index is 2.59. The lowest BCUT2D eigenvalue weighted by Gasteiger charge is -2.27. The van der Waals surface area contributed by atoms with Gasteiger partial charge in [0.25, 0.3) is 0 Å². The van der Waals surface area contributed by atoms with Gasteiger partial charge in [-0.1, -0.05) is 51.1 Å². The zero-order chi connectivity index (χ0) is 11.3. The summed E-state index contributed by atoms with van der Waals surface area (Å²) in [7, 11) is 2.18. The minimum absolute atomic E-state index is 0.282. The van der Waals surface area contributed by atoms with E-state index in [9.17, 15) is 0 Å². The van der Waals surface area contributed by atoms with Crippen molar-refractivity contribution in [2.24, 2.45) is 0 Å². The molecular weight excluding hydrogens is 182 g/mol. The molecule has 0 N–H and O–H groups in total. The Bertz CT molecular complexity index is 277. The SMILES string of the molecule is CCN(C)CCC(C)(C)c1ccccc1. The Hall–Kier alpha value is -0.820. The van der Waals surface area contributed by atoms with Gasteiger partial charge in [-0.15, -0.1) is 0 Å². The summed E-state index contributed by atoms with van der Waals surface area (Å²) in [5.41, 5.74) is 1.72. The van der Waals surface area contributed by atoms with Crippen LogP contribution >= 0.6 is 0 Å². The van der Waals surface area contributed by atoms with Crippen molar-refractivity contribution in [3.63, 3.8) is 0 Å². The smallest absolute Gasteiger partial charge is 0.00136 e. The molecule has 0 radical (unpaired) electrons. The van der Waals surface area contributed by atoms with Crippen LogP contribution < -0.4 is 0 Å². The highest BCUT2D eigenvalue weighted by Gasteiger charge is 2.19. The van der Waals surface area contributed by atoms with E-state index in [1.165, 1.54) is 18.5 Å². The first-order chi connectivity index (χ1) is 7.06. The summed E-state index contributed by atoms with van der Waals surface area (Å²) in [5.74, 6) is 0. The maximum absolute atomic E-state index is 2.37. The quantitative estimate of drug-likeness (QED) is 0.713. The molecule has 1 nitrogen and oxygen atoms in total. The van der Waals surface area contributed by atoms with E-state index in [2.05, 4.69) is 63.1 Å². The molecule has 1 rings (SSSR count). The average molecular weight is 205 g/mol. The second kappa shape index (κ2) is 5.32. The fraction of sp³-hybridized carbons (Fsp3) is 0.571. The number of nitrogens with zero attached hydrogens (tertiary/aromatic N) is 1. The van der Waals surface area contributed by atoms with E-state index in [0.29, 0.717) is 0 Å². The first kappa shape index (κ1) is 12.3. The van der Waals surface area contributed by atoms with E-state index < -0.39 is 0 Å². The Morgan fingerprint density at radius 3 is 2.27 bits per heavy atom. The molecule has 0 saturated carbocycles. The van der Waals surface area contributed by atoms with Gasteiger partial charge in [-0.3, -0.25) is 0 Å². The van der Waals surface area contributed by atoms with Crippen LogP contribution in [0.2, 0.25) is 0 Å². The Morgan fingerprint density at radius 1 is 1.13 bits per heavy atom. The highest BCUT2D eigenvalue weighted by Crippen LogP contribution is 2.26. The fourth-order valence-corrected chi connectivity index (χ4v) is 1.66. The monoisotopic (exact) mass is 205 g/mol. The standard InChI is InChI=1S/C14H23N/c1-5-15(4)12-11-14(2,3)13-9-7-6-8-10-13/h6-10H,5,11-12H2,1-4H3. The maximum Gasteiger partial charge on any atom is -0.00136 e. The van der Waals surface area contributed by atoms with Crippen LogP contribution in [-0.2, 0) is 5.41 Å². The van der Waals surface area contributed by atoms with Gasteiger partial charge in [0.05, 0.1) is 0 Å². The summed E-state index contributed by atoms with van der Waals surface area (Å²) >= 11 is 0. The zero-order valence-electron chi connectivity index (χ0n) is 10.5. The second-order valence-electron chi connectivity index (χ2n) is 4.90. The van der Waals surface area contributed by atoms with Crippen LogP contribution in [0, 0.1) is 0 Å². The molecule has 0 aliphatic carbocycles. The molecule has 0 aliphatic rings. The zero-order valence-corrected chi connectivity index (χ0v) is 10.5. The minimum atomic E-state index is 0.282. The minimum Gasteiger partial charge on any atom is -0.307 e. The van der Waals surface area contributed by atoms with Crippen molar-refractivity contribution in [1.29, 1.82) is 0 Å². The van der Waals surface area contributed by atoms with E-state index in [1.54, 1.807) is 0 Å². The highest BCUT2D eigenvalue weighted by atomic mass is 15.1. The molecule has 0 saturated heterocycles. The molecule has 84 valence electrons. The summed E-state index contributed by atoms with van der Waals surface area (Å²) < 4.78 is 0. The third-order valence-corrected chi connectivity index (χ3v) is 3.21. The number of rotatable bonds is 5. The molecule has 1 aromatic carbocycles. The van der Waals surface area contributed by atoms with Crippen molar-refractivity contribution in [1.82, 2.24) is 4.90 Å². The van der Waals surface area contributed by atoms with E-state index in [4.69, 9.17) is 0 Å². The Morgan fingerprint density at radius 2 is 1.73 bits per heavy atom. The van der Waals surface area contributed by atoms with E-state index in [1.807, 2.05) is 0 Å². The van der Waals surface area contributed by atoms with Gasteiger partial charge in [-0.05, 0) is 37.5 Å². The lowest BCUT2D eigenvalue weighted by atomic mass is 9.81. The van der Waals surface area contributed by atoms with Gasteiger partial charge in [0.15, 0.2) is 0 Å². The van der Waals surface area contributed by atoms with Gasteiger partial charge >= 0.3 is 0 Å². The number of hydrogen-bond acceptors (Lipinski definition) is 1. The largest absolute Gasteiger partial charge is 0.307 e. The first-order valence-corrected chi connectivity index (χ1v) is 5.80.